The number of halogens is 1. The molecule has 0 spiro atoms. The number of aryl methyl sites for hydroxylation is 1. The highest BCUT2D eigenvalue weighted by molar-refractivity contribution is 6.05. The van der Waals surface area contributed by atoms with Crippen molar-refractivity contribution in [1.82, 2.24) is 0 Å². The van der Waals surface area contributed by atoms with Gasteiger partial charge in [0.15, 0.2) is 0 Å². The van der Waals surface area contributed by atoms with E-state index in [1.807, 2.05) is 24.3 Å². The highest BCUT2D eigenvalue weighted by Gasteiger charge is 2.14. The Labute approximate surface area is 117 Å². The molecule has 20 heavy (non-hydrogen) atoms. The molecule has 2 N–H and O–H groups in total. The van der Waals surface area contributed by atoms with Crippen LogP contribution in [0.2, 0.25) is 0 Å². The van der Waals surface area contributed by atoms with Gasteiger partial charge in [0.25, 0.3) is 5.91 Å². The summed E-state index contributed by atoms with van der Waals surface area (Å²) in [6.07, 6.45) is 0. The van der Waals surface area contributed by atoms with Gasteiger partial charge in [-0.15, -0.1) is 0 Å². The van der Waals surface area contributed by atoms with E-state index >= 15 is 0 Å². The minimum Gasteiger partial charge on any atom is -0.326 e. The first-order valence-corrected chi connectivity index (χ1v) is 6.36. The van der Waals surface area contributed by atoms with E-state index < -0.39 is 0 Å². The molecule has 1 amide bonds. The third-order valence-corrected chi connectivity index (χ3v) is 3.26. The lowest BCUT2D eigenvalue weighted by Gasteiger charge is -2.18. The number of benzene rings is 2. The SMILES string of the molecule is Cc1ccc(C(=O)N(C)c2cccc(CN)c2)cc1F. The van der Waals surface area contributed by atoms with Crippen molar-refractivity contribution in [3.63, 3.8) is 0 Å². The number of amides is 1. The van der Waals surface area contributed by atoms with Crippen molar-refractivity contribution in [2.24, 2.45) is 5.73 Å². The van der Waals surface area contributed by atoms with E-state index in [4.69, 9.17) is 5.73 Å². The standard InChI is InChI=1S/C16H17FN2O/c1-11-6-7-13(9-15(11)17)16(20)19(2)14-5-3-4-12(8-14)10-18/h3-9H,10,18H2,1-2H3. The monoisotopic (exact) mass is 272 g/mol. The van der Waals surface area contributed by atoms with Crippen LogP contribution in [0, 0.1) is 12.7 Å². The molecular formula is C16H17FN2O. The third-order valence-electron chi connectivity index (χ3n) is 3.26. The van der Waals surface area contributed by atoms with Gasteiger partial charge < -0.3 is 10.6 Å². The van der Waals surface area contributed by atoms with Crippen molar-refractivity contribution in [2.45, 2.75) is 13.5 Å². The Morgan fingerprint density at radius 3 is 2.65 bits per heavy atom. The van der Waals surface area contributed by atoms with E-state index in [1.54, 1.807) is 26.1 Å². The second-order valence-electron chi connectivity index (χ2n) is 4.70. The molecule has 0 aliphatic carbocycles. The molecule has 0 aliphatic heterocycles. The Hall–Kier alpha value is -2.20. The van der Waals surface area contributed by atoms with Crippen LogP contribution in [0.15, 0.2) is 42.5 Å². The Kier molecular flexibility index (Phi) is 4.15. The van der Waals surface area contributed by atoms with E-state index in [0.717, 1.165) is 11.3 Å². The van der Waals surface area contributed by atoms with Crippen molar-refractivity contribution >= 4 is 11.6 Å². The molecule has 2 rings (SSSR count). The van der Waals surface area contributed by atoms with Gasteiger partial charge in [0.05, 0.1) is 0 Å². The molecule has 104 valence electrons. The van der Waals surface area contributed by atoms with Crippen LogP contribution in [0.1, 0.15) is 21.5 Å². The summed E-state index contributed by atoms with van der Waals surface area (Å²) in [6, 6.07) is 11.9. The minimum absolute atomic E-state index is 0.252. The summed E-state index contributed by atoms with van der Waals surface area (Å²) in [4.78, 5) is 13.8. The van der Waals surface area contributed by atoms with Crippen LogP contribution in [-0.2, 0) is 6.54 Å². The summed E-state index contributed by atoms with van der Waals surface area (Å²) in [5.41, 5.74) is 8.12. The number of nitrogens with zero attached hydrogens (tertiary/aromatic N) is 1. The van der Waals surface area contributed by atoms with Crippen molar-refractivity contribution in [2.75, 3.05) is 11.9 Å². The van der Waals surface area contributed by atoms with Crippen LogP contribution in [0.3, 0.4) is 0 Å². The van der Waals surface area contributed by atoms with E-state index in [2.05, 4.69) is 0 Å². The van der Waals surface area contributed by atoms with Gasteiger partial charge in [0.2, 0.25) is 0 Å². The van der Waals surface area contributed by atoms with Crippen LogP contribution >= 0.6 is 0 Å². The highest BCUT2D eigenvalue weighted by Crippen LogP contribution is 2.18. The summed E-state index contributed by atoms with van der Waals surface area (Å²) < 4.78 is 13.5. The lowest BCUT2D eigenvalue weighted by atomic mass is 10.1. The number of hydrogen-bond donors (Lipinski definition) is 1. The van der Waals surface area contributed by atoms with Gasteiger partial charge in [-0.25, -0.2) is 4.39 Å². The van der Waals surface area contributed by atoms with Crippen LogP contribution in [-0.4, -0.2) is 13.0 Å². The molecular weight excluding hydrogens is 255 g/mol. The van der Waals surface area contributed by atoms with Gasteiger partial charge in [-0.2, -0.15) is 0 Å². The zero-order valence-corrected chi connectivity index (χ0v) is 11.6. The van der Waals surface area contributed by atoms with Crippen LogP contribution in [0.4, 0.5) is 10.1 Å². The quantitative estimate of drug-likeness (QED) is 0.934. The molecule has 2 aromatic rings. The fourth-order valence-electron chi connectivity index (χ4n) is 1.93. The smallest absolute Gasteiger partial charge is 0.258 e. The predicted octanol–water partition coefficient (Wildman–Crippen LogP) is 2.87. The van der Waals surface area contributed by atoms with E-state index in [9.17, 15) is 9.18 Å². The molecule has 2 aromatic carbocycles. The number of nitrogens with two attached hydrogens (primary N) is 1. The molecule has 0 unspecified atom stereocenters. The molecule has 0 bridgehead atoms. The molecule has 4 heteroatoms. The summed E-state index contributed by atoms with van der Waals surface area (Å²) in [6.45, 7) is 2.08. The maximum Gasteiger partial charge on any atom is 0.258 e. The van der Waals surface area contributed by atoms with Crippen LogP contribution in [0.5, 0.6) is 0 Å². The Bertz CT molecular complexity index is 640. The second-order valence-corrected chi connectivity index (χ2v) is 4.70. The van der Waals surface area contributed by atoms with Crippen molar-refractivity contribution in [1.29, 1.82) is 0 Å². The number of anilines is 1. The van der Waals surface area contributed by atoms with Gasteiger partial charge in [0.1, 0.15) is 5.82 Å². The summed E-state index contributed by atoms with van der Waals surface area (Å²) in [5, 5.41) is 0. The normalized spacial score (nSPS) is 10.4. The largest absolute Gasteiger partial charge is 0.326 e. The number of carbonyl (C=O) groups is 1. The van der Waals surface area contributed by atoms with Crippen LogP contribution < -0.4 is 10.6 Å². The number of hydrogen-bond acceptors (Lipinski definition) is 2. The molecule has 0 heterocycles. The molecule has 0 saturated carbocycles. The van der Waals surface area contributed by atoms with Gasteiger partial charge >= 0.3 is 0 Å². The summed E-state index contributed by atoms with van der Waals surface area (Å²) in [5.74, 6) is -0.627. The third kappa shape index (κ3) is 2.86. The van der Waals surface area contributed by atoms with E-state index in [-0.39, 0.29) is 11.7 Å². The molecule has 0 atom stereocenters. The van der Waals surface area contributed by atoms with Crippen molar-refractivity contribution in [3.8, 4) is 0 Å². The van der Waals surface area contributed by atoms with Crippen LogP contribution in [0.25, 0.3) is 0 Å². The minimum atomic E-state index is -0.375. The fourth-order valence-corrected chi connectivity index (χ4v) is 1.93. The molecule has 0 fully saturated rings. The van der Waals surface area contributed by atoms with Crippen molar-refractivity contribution in [3.05, 3.63) is 65.0 Å². The second kappa shape index (κ2) is 5.84. The zero-order chi connectivity index (χ0) is 14.7. The average molecular weight is 272 g/mol. The van der Waals surface area contributed by atoms with Gasteiger partial charge in [-0.1, -0.05) is 18.2 Å². The number of rotatable bonds is 3. The molecule has 3 nitrogen and oxygen atoms in total. The topological polar surface area (TPSA) is 46.3 Å². The van der Waals surface area contributed by atoms with Gasteiger partial charge in [-0.05, 0) is 42.3 Å². The van der Waals surface area contributed by atoms with Gasteiger partial charge in [0, 0.05) is 24.8 Å². The van der Waals surface area contributed by atoms with Crippen molar-refractivity contribution < 1.29 is 9.18 Å². The zero-order valence-electron chi connectivity index (χ0n) is 11.6. The lowest BCUT2D eigenvalue weighted by molar-refractivity contribution is 0.0992. The number of carbonyl (C=O) groups excluding carboxylic acids is 1. The Morgan fingerprint density at radius 2 is 2.00 bits per heavy atom. The Morgan fingerprint density at radius 1 is 1.25 bits per heavy atom. The predicted molar refractivity (Wildman–Crippen MR) is 78.2 cm³/mol. The first-order chi connectivity index (χ1) is 9.52. The van der Waals surface area contributed by atoms with Gasteiger partial charge in [-0.3, -0.25) is 4.79 Å². The summed E-state index contributed by atoms with van der Waals surface area (Å²) >= 11 is 0. The first-order valence-electron chi connectivity index (χ1n) is 6.36. The summed E-state index contributed by atoms with van der Waals surface area (Å²) in [7, 11) is 1.66. The molecule has 0 aromatic heterocycles. The molecule has 0 radical (unpaired) electrons. The maximum atomic E-state index is 13.5. The lowest BCUT2D eigenvalue weighted by Crippen LogP contribution is -2.26. The molecule has 0 saturated heterocycles. The fraction of sp³-hybridized carbons (Fsp3) is 0.188. The maximum absolute atomic E-state index is 13.5. The van der Waals surface area contributed by atoms with E-state index in [0.29, 0.717) is 17.7 Å². The highest BCUT2D eigenvalue weighted by atomic mass is 19.1. The Balaban J connectivity index is 2.29. The average Bonchev–Trinajstić information content (AvgIpc) is 2.48. The molecule has 0 aliphatic rings. The van der Waals surface area contributed by atoms with E-state index in [1.165, 1.54) is 11.0 Å². The first kappa shape index (κ1) is 14.2.